The Morgan fingerprint density at radius 2 is 1.76 bits per heavy atom. The van der Waals surface area contributed by atoms with Crippen molar-refractivity contribution in [1.82, 2.24) is 4.57 Å². The van der Waals surface area contributed by atoms with Gasteiger partial charge in [-0.05, 0) is 46.8 Å². The van der Waals surface area contributed by atoms with Crippen molar-refractivity contribution >= 4 is 23.4 Å². The van der Waals surface area contributed by atoms with E-state index in [4.69, 9.17) is 14.0 Å². The SMILES string of the molecule is CCn1cc(F)c2cc(B3OC(C)(C)C(C)(C)O3)c(OC)cc2c1=O. The lowest BCUT2D eigenvalue weighted by Gasteiger charge is -2.32. The summed E-state index contributed by atoms with van der Waals surface area (Å²) in [4.78, 5) is 12.5. The van der Waals surface area contributed by atoms with Crippen molar-refractivity contribution in [2.75, 3.05) is 7.11 Å². The van der Waals surface area contributed by atoms with E-state index in [1.165, 1.54) is 17.9 Å². The highest BCUT2D eigenvalue weighted by atomic mass is 19.1. The molecule has 1 aliphatic heterocycles. The number of aromatic nitrogens is 1. The molecule has 0 atom stereocenters. The number of pyridine rings is 1. The molecule has 0 radical (unpaired) electrons. The number of hydrogen-bond donors (Lipinski definition) is 0. The molecule has 0 N–H and O–H groups in total. The molecule has 0 unspecified atom stereocenters. The van der Waals surface area contributed by atoms with Gasteiger partial charge in [0.05, 0.1) is 23.7 Å². The van der Waals surface area contributed by atoms with Crippen molar-refractivity contribution in [2.24, 2.45) is 0 Å². The van der Waals surface area contributed by atoms with Gasteiger partial charge in [-0.25, -0.2) is 4.39 Å². The van der Waals surface area contributed by atoms with Gasteiger partial charge in [0, 0.05) is 23.6 Å². The first-order valence-corrected chi connectivity index (χ1v) is 8.37. The first-order valence-electron chi connectivity index (χ1n) is 8.37. The van der Waals surface area contributed by atoms with Gasteiger partial charge in [-0.15, -0.1) is 0 Å². The van der Waals surface area contributed by atoms with Crippen LogP contribution >= 0.6 is 0 Å². The zero-order valence-electron chi connectivity index (χ0n) is 15.5. The van der Waals surface area contributed by atoms with Crippen LogP contribution in [0.3, 0.4) is 0 Å². The van der Waals surface area contributed by atoms with E-state index in [1.807, 2.05) is 27.7 Å². The lowest BCUT2D eigenvalue weighted by molar-refractivity contribution is 0.00578. The maximum atomic E-state index is 14.5. The van der Waals surface area contributed by atoms with Gasteiger partial charge in [-0.2, -0.15) is 0 Å². The molecule has 1 aliphatic rings. The van der Waals surface area contributed by atoms with Gasteiger partial charge in [-0.3, -0.25) is 4.79 Å². The molecule has 2 aromatic rings. The molecule has 1 aromatic carbocycles. The molecule has 25 heavy (non-hydrogen) atoms. The van der Waals surface area contributed by atoms with Crippen LogP contribution in [0, 0.1) is 5.82 Å². The summed E-state index contributed by atoms with van der Waals surface area (Å²) in [5.41, 5.74) is -0.734. The number of nitrogens with zero attached hydrogens (tertiary/aromatic N) is 1. The number of hydrogen-bond acceptors (Lipinski definition) is 4. The first kappa shape index (κ1) is 18.0. The lowest BCUT2D eigenvalue weighted by Crippen LogP contribution is -2.41. The van der Waals surface area contributed by atoms with Gasteiger partial charge in [0.1, 0.15) is 11.6 Å². The minimum Gasteiger partial charge on any atom is -0.497 e. The molecule has 0 bridgehead atoms. The number of aryl methyl sites for hydroxylation is 1. The topological polar surface area (TPSA) is 49.7 Å². The highest BCUT2D eigenvalue weighted by Crippen LogP contribution is 2.37. The van der Waals surface area contributed by atoms with Crippen LogP contribution in [0.15, 0.2) is 23.1 Å². The van der Waals surface area contributed by atoms with Gasteiger partial charge < -0.3 is 18.6 Å². The minimum atomic E-state index is -0.697. The Balaban J connectivity index is 2.21. The number of fused-ring (bicyclic) bond motifs is 1. The Kier molecular flexibility index (Phi) is 4.20. The van der Waals surface area contributed by atoms with E-state index >= 15 is 0 Å². The average Bonchev–Trinajstić information content (AvgIpc) is 2.77. The molecular formula is C18H23BFNO4. The van der Waals surface area contributed by atoms with Crippen molar-refractivity contribution in [2.45, 2.75) is 52.4 Å². The van der Waals surface area contributed by atoms with E-state index < -0.39 is 24.1 Å². The smallest absolute Gasteiger partial charge is 0.497 e. The fourth-order valence-electron chi connectivity index (χ4n) is 2.96. The predicted molar refractivity (Wildman–Crippen MR) is 96.1 cm³/mol. The van der Waals surface area contributed by atoms with Crippen molar-refractivity contribution in [3.63, 3.8) is 0 Å². The summed E-state index contributed by atoms with van der Waals surface area (Å²) in [7, 11) is 0.811. The molecule has 2 heterocycles. The van der Waals surface area contributed by atoms with Gasteiger partial charge in [0.25, 0.3) is 5.56 Å². The molecule has 5 nitrogen and oxygen atoms in total. The van der Waals surface area contributed by atoms with Crippen LogP contribution in [-0.2, 0) is 15.9 Å². The summed E-state index contributed by atoms with van der Waals surface area (Å²) >= 11 is 0. The van der Waals surface area contributed by atoms with Gasteiger partial charge >= 0.3 is 7.12 Å². The second-order valence-corrected chi connectivity index (χ2v) is 7.30. The summed E-state index contributed by atoms with van der Waals surface area (Å²) in [6, 6.07) is 3.15. The monoisotopic (exact) mass is 347 g/mol. The molecule has 0 amide bonds. The lowest BCUT2D eigenvalue weighted by atomic mass is 9.77. The Labute approximate surface area is 146 Å². The van der Waals surface area contributed by atoms with Crippen molar-refractivity contribution in [3.8, 4) is 5.75 Å². The van der Waals surface area contributed by atoms with Crippen LogP contribution in [0.2, 0.25) is 0 Å². The average molecular weight is 347 g/mol. The highest BCUT2D eigenvalue weighted by Gasteiger charge is 2.52. The third-order valence-electron chi connectivity index (χ3n) is 5.24. The second-order valence-electron chi connectivity index (χ2n) is 7.30. The van der Waals surface area contributed by atoms with Crippen LogP contribution in [0.25, 0.3) is 10.8 Å². The fourth-order valence-corrected chi connectivity index (χ4v) is 2.96. The predicted octanol–water partition coefficient (Wildman–Crippen LogP) is 2.47. The third kappa shape index (κ3) is 2.75. The summed E-state index contributed by atoms with van der Waals surface area (Å²) in [5, 5.41) is 0.513. The summed E-state index contributed by atoms with van der Waals surface area (Å²) in [6.07, 6.45) is 1.23. The number of benzene rings is 1. The molecule has 0 spiro atoms. The van der Waals surface area contributed by atoms with Crippen LogP contribution in [0.5, 0.6) is 5.75 Å². The van der Waals surface area contributed by atoms with Crippen LogP contribution in [-0.4, -0.2) is 30.0 Å². The second kappa shape index (κ2) is 5.85. The third-order valence-corrected chi connectivity index (χ3v) is 5.24. The molecule has 3 rings (SSSR count). The summed E-state index contributed by atoms with van der Waals surface area (Å²) < 4.78 is 33.4. The normalized spacial score (nSPS) is 18.8. The molecule has 0 saturated carbocycles. The number of halogens is 1. The zero-order valence-corrected chi connectivity index (χ0v) is 15.5. The van der Waals surface area contributed by atoms with Crippen LogP contribution < -0.4 is 15.8 Å². The van der Waals surface area contributed by atoms with Crippen molar-refractivity contribution in [1.29, 1.82) is 0 Å². The van der Waals surface area contributed by atoms with Gasteiger partial charge in [0.2, 0.25) is 0 Å². The summed E-state index contributed by atoms with van der Waals surface area (Å²) in [5.74, 6) is -0.0202. The fraction of sp³-hybridized carbons (Fsp3) is 0.500. The molecule has 1 saturated heterocycles. The Morgan fingerprint density at radius 3 is 2.28 bits per heavy atom. The van der Waals surface area contributed by atoms with Gasteiger partial charge in [-0.1, -0.05) is 0 Å². The Hall–Kier alpha value is -1.86. The number of rotatable bonds is 3. The van der Waals surface area contributed by atoms with E-state index in [1.54, 1.807) is 19.1 Å². The molecular weight excluding hydrogens is 324 g/mol. The molecule has 134 valence electrons. The number of methoxy groups -OCH3 is 1. The highest BCUT2D eigenvalue weighted by molar-refractivity contribution is 6.63. The molecule has 7 heteroatoms. The van der Waals surface area contributed by atoms with Crippen molar-refractivity contribution in [3.05, 3.63) is 34.5 Å². The zero-order chi connectivity index (χ0) is 18.6. The molecule has 1 fully saturated rings. The maximum Gasteiger partial charge on any atom is 0.498 e. The van der Waals surface area contributed by atoms with E-state index in [0.717, 1.165) is 0 Å². The minimum absolute atomic E-state index is 0.236. The molecule has 1 aromatic heterocycles. The Bertz CT molecular complexity index is 875. The first-order chi connectivity index (χ1) is 11.6. The quantitative estimate of drug-likeness (QED) is 0.801. The maximum absolute atomic E-state index is 14.5. The van der Waals surface area contributed by atoms with Crippen LogP contribution in [0.1, 0.15) is 34.6 Å². The van der Waals surface area contributed by atoms with Crippen molar-refractivity contribution < 1.29 is 18.4 Å². The van der Waals surface area contributed by atoms with Crippen LogP contribution in [0.4, 0.5) is 4.39 Å². The standard InChI is InChI=1S/C18H23BFNO4/c1-7-21-10-14(20)11-8-13(15(23-6)9-12(11)16(21)22)19-24-17(2,3)18(4,5)25-19/h8-10H,7H2,1-6H3. The Morgan fingerprint density at radius 1 is 1.16 bits per heavy atom. The largest absolute Gasteiger partial charge is 0.498 e. The number of ether oxygens (including phenoxy) is 1. The van der Waals surface area contributed by atoms with Gasteiger partial charge in [0.15, 0.2) is 0 Å². The molecule has 0 aliphatic carbocycles. The van der Waals surface area contributed by atoms with E-state index in [-0.39, 0.29) is 16.3 Å². The van der Waals surface area contributed by atoms with E-state index in [2.05, 4.69) is 0 Å². The van der Waals surface area contributed by atoms with E-state index in [9.17, 15) is 9.18 Å². The summed E-state index contributed by atoms with van der Waals surface area (Å²) in [6.45, 7) is 9.97. The van der Waals surface area contributed by atoms with E-state index in [0.29, 0.717) is 17.8 Å².